The van der Waals surface area contributed by atoms with Gasteiger partial charge in [0.25, 0.3) is 0 Å². The van der Waals surface area contributed by atoms with E-state index in [9.17, 15) is 0 Å². The molecule has 3 aromatic rings. The van der Waals surface area contributed by atoms with Crippen LogP contribution in [0.25, 0.3) is 0 Å². The van der Waals surface area contributed by atoms with Crippen LogP contribution in [0.2, 0.25) is 0 Å². The predicted molar refractivity (Wildman–Crippen MR) is 112 cm³/mol. The largest absolute Gasteiger partial charge is 0.372 e. The number of aromatic nitrogens is 3. The predicted octanol–water partition coefficient (Wildman–Crippen LogP) is 4.39. The Hall–Kier alpha value is -3.66. The summed E-state index contributed by atoms with van der Waals surface area (Å²) in [6.07, 6.45) is 1.58. The molecule has 1 heterocycles. The second-order valence-corrected chi connectivity index (χ2v) is 6.28. The Bertz CT molecular complexity index is 990. The molecule has 2 aromatic carbocycles. The van der Waals surface area contributed by atoms with Crippen LogP contribution in [-0.2, 0) is 0 Å². The number of nitrogens with one attached hydrogen (secondary N) is 2. The van der Waals surface area contributed by atoms with Gasteiger partial charge in [-0.2, -0.15) is 15.3 Å². The number of anilines is 5. The van der Waals surface area contributed by atoms with Crippen molar-refractivity contribution < 1.29 is 0 Å². The van der Waals surface area contributed by atoms with Crippen LogP contribution in [0.4, 0.5) is 28.8 Å². The Kier molecular flexibility index (Phi) is 6.02. The Morgan fingerprint density at radius 3 is 2.61 bits per heavy atom. The standard InChI is InChI=1S/C21H23N7/c1-4-28(5-2)18-9-10-19(15(3)11-18)25-20-14-23-27-21(26-20)24-17-8-6-7-16(12-17)13-22/h6-12,14H,4-5H2,1-3H3,(H2,24,25,26,27). The summed E-state index contributed by atoms with van der Waals surface area (Å²) in [5.41, 5.74) is 4.59. The highest BCUT2D eigenvalue weighted by Crippen LogP contribution is 2.25. The van der Waals surface area contributed by atoms with Crippen LogP contribution < -0.4 is 15.5 Å². The third-order valence-electron chi connectivity index (χ3n) is 4.41. The average molecular weight is 373 g/mol. The summed E-state index contributed by atoms with van der Waals surface area (Å²) in [4.78, 5) is 6.77. The fraction of sp³-hybridized carbons (Fsp3) is 0.238. The molecule has 7 nitrogen and oxygen atoms in total. The molecule has 0 amide bonds. The lowest BCUT2D eigenvalue weighted by atomic mass is 10.1. The van der Waals surface area contributed by atoms with E-state index >= 15 is 0 Å². The van der Waals surface area contributed by atoms with Crippen molar-refractivity contribution in [3.05, 3.63) is 59.8 Å². The van der Waals surface area contributed by atoms with E-state index < -0.39 is 0 Å². The van der Waals surface area contributed by atoms with Crippen molar-refractivity contribution in [3.63, 3.8) is 0 Å². The molecule has 0 saturated carbocycles. The second-order valence-electron chi connectivity index (χ2n) is 6.28. The van der Waals surface area contributed by atoms with E-state index in [2.05, 4.69) is 75.8 Å². The van der Waals surface area contributed by atoms with Crippen molar-refractivity contribution in [1.29, 1.82) is 5.26 Å². The number of benzene rings is 2. The number of rotatable bonds is 7. The molecule has 7 heteroatoms. The third-order valence-corrected chi connectivity index (χ3v) is 4.41. The summed E-state index contributed by atoms with van der Waals surface area (Å²) < 4.78 is 0. The van der Waals surface area contributed by atoms with E-state index in [1.165, 1.54) is 5.69 Å². The van der Waals surface area contributed by atoms with E-state index in [0.29, 0.717) is 17.3 Å². The van der Waals surface area contributed by atoms with Crippen molar-refractivity contribution >= 4 is 28.8 Å². The van der Waals surface area contributed by atoms with Gasteiger partial charge in [-0.3, -0.25) is 0 Å². The molecule has 0 saturated heterocycles. The van der Waals surface area contributed by atoms with Gasteiger partial charge in [0.2, 0.25) is 5.95 Å². The zero-order valence-corrected chi connectivity index (χ0v) is 16.3. The maximum absolute atomic E-state index is 9.01. The first-order valence-corrected chi connectivity index (χ1v) is 9.22. The lowest BCUT2D eigenvalue weighted by Gasteiger charge is -2.22. The van der Waals surface area contributed by atoms with Crippen LogP contribution >= 0.6 is 0 Å². The molecule has 28 heavy (non-hydrogen) atoms. The van der Waals surface area contributed by atoms with E-state index in [-0.39, 0.29) is 0 Å². The fourth-order valence-electron chi connectivity index (χ4n) is 2.92. The Labute approximate surface area is 165 Å². The molecule has 0 aliphatic carbocycles. The number of aryl methyl sites for hydroxylation is 1. The molecule has 0 fully saturated rings. The zero-order valence-electron chi connectivity index (χ0n) is 16.3. The first-order chi connectivity index (χ1) is 13.6. The summed E-state index contributed by atoms with van der Waals surface area (Å²) in [5, 5.41) is 23.4. The van der Waals surface area contributed by atoms with Crippen LogP contribution in [0.3, 0.4) is 0 Å². The number of hydrogen-bond acceptors (Lipinski definition) is 7. The van der Waals surface area contributed by atoms with Gasteiger partial charge in [-0.15, -0.1) is 5.10 Å². The van der Waals surface area contributed by atoms with E-state index in [1.54, 1.807) is 24.4 Å². The highest BCUT2D eigenvalue weighted by molar-refractivity contribution is 5.66. The smallest absolute Gasteiger partial charge is 0.249 e. The normalized spacial score (nSPS) is 10.2. The van der Waals surface area contributed by atoms with E-state index in [1.807, 2.05) is 6.07 Å². The molecular formula is C21H23N7. The van der Waals surface area contributed by atoms with Gasteiger partial charge >= 0.3 is 0 Å². The molecular weight excluding hydrogens is 350 g/mol. The molecule has 0 spiro atoms. The molecule has 0 aliphatic rings. The molecule has 2 N–H and O–H groups in total. The summed E-state index contributed by atoms with van der Waals surface area (Å²) in [6.45, 7) is 8.31. The lowest BCUT2D eigenvalue weighted by molar-refractivity contribution is 0.866. The van der Waals surface area contributed by atoms with E-state index in [0.717, 1.165) is 30.0 Å². The number of nitrogens with zero attached hydrogens (tertiary/aromatic N) is 5. The van der Waals surface area contributed by atoms with Gasteiger partial charge in [0, 0.05) is 30.2 Å². The highest BCUT2D eigenvalue weighted by Gasteiger charge is 2.07. The summed E-state index contributed by atoms with van der Waals surface area (Å²) in [6, 6.07) is 15.6. The van der Waals surface area contributed by atoms with Crippen molar-refractivity contribution in [2.75, 3.05) is 28.6 Å². The molecule has 0 aliphatic heterocycles. The van der Waals surface area contributed by atoms with Crippen molar-refractivity contribution in [2.45, 2.75) is 20.8 Å². The topological polar surface area (TPSA) is 89.8 Å². The molecule has 0 bridgehead atoms. The Morgan fingerprint density at radius 2 is 1.89 bits per heavy atom. The van der Waals surface area contributed by atoms with Crippen molar-refractivity contribution in [1.82, 2.24) is 15.2 Å². The second kappa shape index (κ2) is 8.82. The Balaban J connectivity index is 1.76. The van der Waals surface area contributed by atoms with Crippen LogP contribution in [-0.4, -0.2) is 28.3 Å². The SMILES string of the molecule is CCN(CC)c1ccc(Nc2cnnc(Nc3cccc(C#N)c3)n2)c(C)c1. The zero-order chi connectivity index (χ0) is 19.9. The van der Waals surface area contributed by atoms with Gasteiger partial charge < -0.3 is 15.5 Å². The van der Waals surface area contributed by atoms with Crippen molar-refractivity contribution in [2.24, 2.45) is 0 Å². The number of hydrogen-bond donors (Lipinski definition) is 2. The van der Waals surface area contributed by atoms with Gasteiger partial charge in [-0.25, -0.2) is 0 Å². The third kappa shape index (κ3) is 4.54. The van der Waals surface area contributed by atoms with Crippen LogP contribution in [0.5, 0.6) is 0 Å². The summed E-state index contributed by atoms with van der Waals surface area (Å²) >= 11 is 0. The molecule has 142 valence electrons. The van der Waals surface area contributed by atoms with Gasteiger partial charge in [0.1, 0.15) is 0 Å². The molecule has 0 atom stereocenters. The molecule has 1 aromatic heterocycles. The average Bonchev–Trinajstić information content (AvgIpc) is 2.71. The maximum Gasteiger partial charge on any atom is 0.249 e. The monoisotopic (exact) mass is 373 g/mol. The van der Waals surface area contributed by atoms with Crippen LogP contribution in [0.15, 0.2) is 48.7 Å². The maximum atomic E-state index is 9.01. The highest BCUT2D eigenvalue weighted by atomic mass is 15.3. The lowest BCUT2D eigenvalue weighted by Crippen LogP contribution is -2.21. The van der Waals surface area contributed by atoms with Gasteiger partial charge in [0.15, 0.2) is 5.82 Å². The minimum absolute atomic E-state index is 0.359. The molecule has 0 unspecified atom stereocenters. The Morgan fingerprint density at radius 1 is 1.07 bits per heavy atom. The van der Waals surface area contributed by atoms with Gasteiger partial charge in [-0.05, 0) is 62.7 Å². The van der Waals surface area contributed by atoms with Crippen molar-refractivity contribution in [3.8, 4) is 6.07 Å². The first-order valence-electron chi connectivity index (χ1n) is 9.22. The van der Waals surface area contributed by atoms with Crippen LogP contribution in [0, 0.1) is 18.3 Å². The first kappa shape index (κ1) is 19.1. The molecule has 3 rings (SSSR count). The summed E-state index contributed by atoms with van der Waals surface area (Å²) in [7, 11) is 0. The summed E-state index contributed by atoms with van der Waals surface area (Å²) in [5.74, 6) is 0.949. The van der Waals surface area contributed by atoms with Gasteiger partial charge in [0.05, 0.1) is 17.8 Å². The fourth-order valence-corrected chi connectivity index (χ4v) is 2.92. The van der Waals surface area contributed by atoms with Gasteiger partial charge in [-0.1, -0.05) is 6.07 Å². The minimum Gasteiger partial charge on any atom is -0.372 e. The minimum atomic E-state index is 0.359. The molecule has 0 radical (unpaired) electrons. The van der Waals surface area contributed by atoms with Crippen LogP contribution in [0.1, 0.15) is 25.0 Å². The number of nitriles is 1. The van der Waals surface area contributed by atoms with E-state index in [4.69, 9.17) is 5.26 Å². The quantitative estimate of drug-likeness (QED) is 0.635.